The Hall–Kier alpha value is -3.49. The number of benzene rings is 1. The van der Waals surface area contributed by atoms with Crippen LogP contribution in [0.4, 0.5) is 13.2 Å². The van der Waals surface area contributed by atoms with Crippen LogP contribution < -0.4 is 5.69 Å². The van der Waals surface area contributed by atoms with Crippen LogP contribution in [0.2, 0.25) is 0 Å². The molecule has 1 unspecified atom stereocenters. The minimum atomic E-state index is -4.71. The molecule has 0 bridgehead atoms. The molecule has 6 nitrogen and oxygen atoms in total. The number of imidazole rings is 1. The van der Waals surface area contributed by atoms with Gasteiger partial charge in [0, 0.05) is 30.1 Å². The van der Waals surface area contributed by atoms with E-state index in [1.807, 2.05) is 24.4 Å². The zero-order chi connectivity index (χ0) is 24.7. The molecule has 5 rings (SSSR count). The summed E-state index contributed by atoms with van der Waals surface area (Å²) in [7, 11) is 0. The molecule has 1 aromatic carbocycles. The molecule has 2 atom stereocenters. The molecule has 0 spiro atoms. The summed E-state index contributed by atoms with van der Waals surface area (Å²) in [6.07, 6.45) is 4.86. The van der Waals surface area contributed by atoms with Crippen molar-refractivity contribution in [1.29, 1.82) is 0 Å². The first-order valence-corrected chi connectivity index (χ1v) is 11.8. The lowest BCUT2D eigenvalue weighted by atomic mass is 9.68. The van der Waals surface area contributed by atoms with Gasteiger partial charge in [0.15, 0.2) is 6.29 Å². The molecule has 0 saturated heterocycles. The number of aldehydes is 1. The van der Waals surface area contributed by atoms with Gasteiger partial charge in [-0.3, -0.25) is 13.8 Å². The number of halogens is 3. The van der Waals surface area contributed by atoms with Gasteiger partial charge in [0.2, 0.25) is 0 Å². The van der Waals surface area contributed by atoms with Gasteiger partial charge in [-0.15, -0.1) is 0 Å². The SMILES string of the molecule is CC1CCC=NN=C1[C@@H](c1cccc(-n2cc3c(C(F)(F)F)cc(C=O)cn3c2=O)c1)C1CCC1. The first-order valence-electron chi connectivity index (χ1n) is 11.8. The highest BCUT2D eigenvalue weighted by atomic mass is 19.4. The Morgan fingerprint density at radius 1 is 1.14 bits per heavy atom. The van der Waals surface area contributed by atoms with Crippen molar-refractivity contribution < 1.29 is 18.0 Å². The molecule has 2 aliphatic rings. The zero-order valence-corrected chi connectivity index (χ0v) is 19.2. The number of pyridine rings is 1. The van der Waals surface area contributed by atoms with Crippen LogP contribution in [0, 0.1) is 11.8 Å². The molecule has 1 fully saturated rings. The van der Waals surface area contributed by atoms with Crippen LogP contribution >= 0.6 is 0 Å². The fourth-order valence-electron chi connectivity index (χ4n) is 5.12. The van der Waals surface area contributed by atoms with Crippen LogP contribution in [0.5, 0.6) is 0 Å². The molecule has 35 heavy (non-hydrogen) atoms. The Kier molecular flexibility index (Phi) is 5.94. The van der Waals surface area contributed by atoms with Gasteiger partial charge in [-0.25, -0.2) is 4.79 Å². The van der Waals surface area contributed by atoms with Crippen molar-refractivity contribution in [3.8, 4) is 5.69 Å². The molecule has 2 aromatic heterocycles. The van der Waals surface area contributed by atoms with Crippen molar-refractivity contribution in [2.45, 2.75) is 51.1 Å². The predicted octanol–water partition coefficient (Wildman–Crippen LogP) is 5.66. The van der Waals surface area contributed by atoms with Crippen LogP contribution in [0.15, 0.2) is 57.7 Å². The molecule has 182 valence electrons. The smallest absolute Gasteiger partial charge is 0.298 e. The quantitative estimate of drug-likeness (QED) is 0.440. The van der Waals surface area contributed by atoms with E-state index in [4.69, 9.17) is 0 Å². The maximum absolute atomic E-state index is 13.7. The Bertz CT molecular complexity index is 1400. The van der Waals surface area contributed by atoms with Crippen molar-refractivity contribution in [3.05, 3.63) is 69.9 Å². The molecule has 1 aliphatic heterocycles. The summed E-state index contributed by atoms with van der Waals surface area (Å²) in [4.78, 5) is 24.4. The highest BCUT2D eigenvalue weighted by molar-refractivity contribution is 5.94. The summed E-state index contributed by atoms with van der Waals surface area (Å²) in [5, 5.41) is 8.78. The number of fused-ring (bicyclic) bond motifs is 1. The molecule has 1 saturated carbocycles. The van der Waals surface area contributed by atoms with Crippen LogP contribution in [0.25, 0.3) is 11.2 Å². The van der Waals surface area contributed by atoms with Crippen LogP contribution in [0.1, 0.15) is 66.4 Å². The Morgan fingerprint density at radius 3 is 2.63 bits per heavy atom. The van der Waals surface area contributed by atoms with Crippen LogP contribution in [-0.2, 0) is 6.18 Å². The average Bonchev–Trinajstić information content (AvgIpc) is 2.98. The largest absolute Gasteiger partial charge is 0.418 e. The minimum absolute atomic E-state index is 0.0362. The van der Waals surface area contributed by atoms with E-state index < -0.39 is 17.4 Å². The van der Waals surface area contributed by atoms with Gasteiger partial charge in [-0.05, 0) is 61.3 Å². The lowest BCUT2D eigenvalue weighted by molar-refractivity contribution is -0.136. The normalized spacial score (nSPS) is 19.8. The van der Waals surface area contributed by atoms with Crippen molar-refractivity contribution in [2.75, 3.05) is 0 Å². The van der Waals surface area contributed by atoms with E-state index in [0.717, 1.165) is 60.0 Å². The molecular weight excluding hydrogens is 457 g/mol. The number of carbonyl (C=O) groups excluding carboxylic acids is 1. The number of hydrogen-bond acceptors (Lipinski definition) is 4. The molecule has 1 aliphatic carbocycles. The van der Waals surface area contributed by atoms with Gasteiger partial charge >= 0.3 is 11.9 Å². The number of alkyl halides is 3. The van der Waals surface area contributed by atoms with Gasteiger partial charge in [0.1, 0.15) is 0 Å². The van der Waals surface area contributed by atoms with E-state index >= 15 is 0 Å². The second-order valence-electron chi connectivity index (χ2n) is 9.40. The highest BCUT2D eigenvalue weighted by Crippen LogP contribution is 2.43. The second kappa shape index (κ2) is 8.94. The van der Waals surface area contributed by atoms with Crippen molar-refractivity contribution in [3.63, 3.8) is 0 Å². The van der Waals surface area contributed by atoms with Crippen molar-refractivity contribution in [2.24, 2.45) is 22.0 Å². The molecule has 0 amide bonds. The number of hydrogen-bond donors (Lipinski definition) is 0. The lowest BCUT2D eigenvalue weighted by Crippen LogP contribution is -2.30. The summed E-state index contributed by atoms with van der Waals surface area (Å²) < 4.78 is 43.2. The van der Waals surface area contributed by atoms with Crippen LogP contribution in [-0.4, -0.2) is 27.2 Å². The number of aromatic nitrogens is 2. The molecular formula is C26H25F3N4O2. The van der Waals surface area contributed by atoms with E-state index in [-0.39, 0.29) is 22.9 Å². The molecule has 3 heterocycles. The summed E-state index contributed by atoms with van der Waals surface area (Å²) in [6.45, 7) is 2.15. The van der Waals surface area contributed by atoms with Crippen molar-refractivity contribution in [1.82, 2.24) is 8.97 Å². The van der Waals surface area contributed by atoms with Gasteiger partial charge < -0.3 is 0 Å². The van der Waals surface area contributed by atoms with Gasteiger partial charge in [0.25, 0.3) is 0 Å². The van der Waals surface area contributed by atoms with Gasteiger partial charge in [0.05, 0.1) is 22.5 Å². The van der Waals surface area contributed by atoms with E-state index in [1.54, 1.807) is 6.07 Å². The topological polar surface area (TPSA) is 68.2 Å². The summed E-state index contributed by atoms with van der Waals surface area (Å²) in [5.74, 6) is 0.702. The van der Waals surface area contributed by atoms with Crippen molar-refractivity contribution >= 4 is 23.7 Å². The fraction of sp³-hybridized carbons (Fsp3) is 0.385. The Labute approximate surface area is 199 Å². The second-order valence-corrected chi connectivity index (χ2v) is 9.40. The molecule has 3 aromatic rings. The lowest BCUT2D eigenvalue weighted by Gasteiger charge is -2.36. The summed E-state index contributed by atoms with van der Waals surface area (Å²) >= 11 is 0. The molecule has 0 N–H and O–H groups in total. The van der Waals surface area contributed by atoms with Crippen LogP contribution in [0.3, 0.4) is 0 Å². The average molecular weight is 483 g/mol. The number of rotatable bonds is 5. The first kappa shape index (κ1) is 23.3. The number of nitrogens with zero attached hydrogens (tertiary/aromatic N) is 4. The van der Waals surface area contributed by atoms with Gasteiger partial charge in [-0.2, -0.15) is 23.4 Å². The summed E-state index contributed by atoms with van der Waals surface area (Å²) in [6, 6.07) is 8.13. The Morgan fingerprint density at radius 2 is 1.94 bits per heavy atom. The highest BCUT2D eigenvalue weighted by Gasteiger charge is 2.36. The third-order valence-electron chi connectivity index (χ3n) is 7.17. The zero-order valence-electron chi connectivity index (χ0n) is 19.2. The maximum Gasteiger partial charge on any atom is 0.418 e. The van der Waals surface area contributed by atoms with E-state index in [1.165, 1.54) is 10.8 Å². The third kappa shape index (κ3) is 4.24. The van der Waals surface area contributed by atoms with E-state index in [0.29, 0.717) is 17.9 Å². The monoisotopic (exact) mass is 482 g/mol. The fourth-order valence-corrected chi connectivity index (χ4v) is 5.12. The van der Waals surface area contributed by atoms with Gasteiger partial charge in [-0.1, -0.05) is 25.5 Å². The maximum atomic E-state index is 13.7. The standard InChI is InChI=1S/C26H25F3N4O2/c1-16-5-4-10-30-31-24(16)23(18-6-2-7-18)19-8-3-9-20(12-19)32-14-22-21(26(27,28)29)11-17(15-34)13-33(22)25(32)35/h3,8-16,18,23H,2,4-7H2,1H3/t16?,23-/m1/s1. The summed E-state index contributed by atoms with van der Waals surface area (Å²) in [5.41, 5.74) is 0.241. The number of carbonyl (C=O) groups is 1. The molecule has 9 heteroatoms. The molecule has 0 radical (unpaired) electrons. The Balaban J connectivity index is 1.64. The first-order chi connectivity index (χ1) is 16.8. The minimum Gasteiger partial charge on any atom is -0.298 e. The third-order valence-corrected chi connectivity index (χ3v) is 7.17. The van der Waals surface area contributed by atoms with E-state index in [9.17, 15) is 22.8 Å². The van der Waals surface area contributed by atoms with E-state index in [2.05, 4.69) is 17.1 Å². The predicted molar refractivity (Wildman–Crippen MR) is 128 cm³/mol.